The van der Waals surface area contributed by atoms with Crippen LogP contribution in [-0.4, -0.2) is 31.2 Å². The summed E-state index contributed by atoms with van der Waals surface area (Å²) in [5, 5.41) is 13.5. The van der Waals surface area contributed by atoms with Crippen molar-refractivity contribution in [2.45, 2.75) is 38.0 Å². The largest absolute Gasteiger partial charge is 0.454 e. The van der Waals surface area contributed by atoms with Crippen molar-refractivity contribution in [2.24, 2.45) is 0 Å². The molecule has 0 fully saturated rings. The first-order valence-electron chi connectivity index (χ1n) is 9.26. The molecule has 1 aliphatic carbocycles. The Balaban J connectivity index is 1.22. The number of nitrogens with one attached hydrogen (secondary N) is 1. The van der Waals surface area contributed by atoms with Crippen molar-refractivity contribution in [3.8, 4) is 11.5 Å². The van der Waals surface area contributed by atoms with Crippen molar-refractivity contribution >= 4 is 0 Å². The van der Waals surface area contributed by atoms with Crippen LogP contribution in [0.4, 0.5) is 0 Å². The summed E-state index contributed by atoms with van der Waals surface area (Å²) in [5.74, 6) is 1.57. The molecule has 26 heavy (non-hydrogen) atoms. The number of benzene rings is 2. The summed E-state index contributed by atoms with van der Waals surface area (Å²) in [4.78, 5) is 0. The minimum atomic E-state index is -0.530. The van der Waals surface area contributed by atoms with Gasteiger partial charge in [0.15, 0.2) is 11.5 Å². The second-order valence-corrected chi connectivity index (χ2v) is 6.89. The molecular formula is C21H25NO4. The molecule has 2 N–H and O–H groups in total. The highest BCUT2D eigenvalue weighted by molar-refractivity contribution is 5.44. The average molecular weight is 355 g/mol. The van der Waals surface area contributed by atoms with Crippen LogP contribution in [-0.2, 0) is 17.7 Å². The lowest BCUT2D eigenvalue weighted by atomic mass is 9.89. The van der Waals surface area contributed by atoms with Gasteiger partial charge in [-0.1, -0.05) is 30.3 Å². The molecular weight excluding hydrogens is 330 g/mol. The molecule has 0 unspecified atom stereocenters. The first kappa shape index (κ1) is 17.3. The van der Waals surface area contributed by atoms with Crippen LogP contribution in [0, 0.1) is 0 Å². The maximum atomic E-state index is 10.2. The van der Waals surface area contributed by atoms with Gasteiger partial charge >= 0.3 is 0 Å². The maximum absolute atomic E-state index is 10.2. The smallest absolute Gasteiger partial charge is 0.231 e. The highest BCUT2D eigenvalue weighted by atomic mass is 16.7. The van der Waals surface area contributed by atoms with Gasteiger partial charge < -0.3 is 24.6 Å². The fourth-order valence-corrected chi connectivity index (χ4v) is 3.60. The van der Waals surface area contributed by atoms with Crippen molar-refractivity contribution < 1.29 is 19.3 Å². The summed E-state index contributed by atoms with van der Waals surface area (Å²) in [5.41, 5.74) is 3.75. The van der Waals surface area contributed by atoms with E-state index >= 15 is 0 Å². The number of fused-ring (bicyclic) bond motifs is 2. The predicted octanol–water partition coefficient (Wildman–Crippen LogP) is 2.96. The molecule has 0 aromatic heterocycles. The van der Waals surface area contributed by atoms with Crippen molar-refractivity contribution in [2.75, 3.05) is 19.9 Å². The Hall–Kier alpha value is -2.08. The number of aliphatic hydroxyl groups is 1. The van der Waals surface area contributed by atoms with E-state index in [-0.39, 0.29) is 12.9 Å². The summed E-state index contributed by atoms with van der Waals surface area (Å²) in [6.07, 6.45) is 2.85. The lowest BCUT2D eigenvalue weighted by molar-refractivity contribution is -0.0167. The van der Waals surface area contributed by atoms with Crippen LogP contribution in [0.3, 0.4) is 0 Å². The Bertz CT molecular complexity index is 749. The lowest BCUT2D eigenvalue weighted by Gasteiger charge is -2.26. The Kier molecular flexibility index (Phi) is 5.39. The SMILES string of the molecule is O[C@H](CNCc1ccc2c(c1)OCO2)CO[C@H]1CCCc2ccccc21. The van der Waals surface area contributed by atoms with Gasteiger partial charge in [0.1, 0.15) is 0 Å². The molecule has 1 heterocycles. The molecule has 2 aliphatic rings. The fraction of sp³-hybridized carbons (Fsp3) is 0.429. The molecule has 5 nitrogen and oxygen atoms in total. The first-order chi connectivity index (χ1) is 12.8. The van der Waals surface area contributed by atoms with Crippen LogP contribution in [0.25, 0.3) is 0 Å². The van der Waals surface area contributed by atoms with Gasteiger partial charge in [-0.25, -0.2) is 0 Å². The van der Waals surface area contributed by atoms with Crippen LogP contribution in [0.5, 0.6) is 11.5 Å². The van der Waals surface area contributed by atoms with E-state index < -0.39 is 6.10 Å². The first-order valence-corrected chi connectivity index (χ1v) is 9.26. The van der Waals surface area contributed by atoms with Crippen LogP contribution < -0.4 is 14.8 Å². The third kappa shape index (κ3) is 4.01. The molecule has 138 valence electrons. The van der Waals surface area contributed by atoms with E-state index in [1.807, 2.05) is 18.2 Å². The molecule has 0 spiro atoms. The number of aryl methyl sites for hydroxylation is 1. The Morgan fingerprint density at radius 2 is 2.04 bits per heavy atom. The zero-order chi connectivity index (χ0) is 17.8. The topological polar surface area (TPSA) is 60.0 Å². The normalized spacial score (nSPS) is 19.2. The monoisotopic (exact) mass is 355 g/mol. The Labute approximate surface area is 153 Å². The van der Waals surface area contributed by atoms with Crippen molar-refractivity contribution in [1.82, 2.24) is 5.32 Å². The molecule has 2 aromatic carbocycles. The number of hydrogen-bond acceptors (Lipinski definition) is 5. The quantitative estimate of drug-likeness (QED) is 0.800. The third-order valence-electron chi connectivity index (χ3n) is 4.95. The number of ether oxygens (including phenoxy) is 3. The predicted molar refractivity (Wildman–Crippen MR) is 98.4 cm³/mol. The molecule has 0 radical (unpaired) electrons. The van der Waals surface area contributed by atoms with Gasteiger partial charge in [-0.05, 0) is 48.1 Å². The van der Waals surface area contributed by atoms with Crippen LogP contribution in [0.2, 0.25) is 0 Å². The van der Waals surface area contributed by atoms with E-state index in [2.05, 4.69) is 29.6 Å². The van der Waals surface area contributed by atoms with E-state index in [1.54, 1.807) is 0 Å². The van der Waals surface area contributed by atoms with E-state index in [0.717, 1.165) is 36.3 Å². The Morgan fingerprint density at radius 1 is 1.15 bits per heavy atom. The maximum Gasteiger partial charge on any atom is 0.231 e. The van der Waals surface area contributed by atoms with E-state index in [1.165, 1.54) is 11.1 Å². The second-order valence-electron chi connectivity index (χ2n) is 6.89. The van der Waals surface area contributed by atoms with Crippen molar-refractivity contribution in [1.29, 1.82) is 0 Å². The van der Waals surface area contributed by atoms with Gasteiger partial charge in [-0.15, -0.1) is 0 Å². The van der Waals surface area contributed by atoms with Crippen LogP contribution >= 0.6 is 0 Å². The number of rotatable bonds is 7. The molecule has 0 amide bonds. The van der Waals surface area contributed by atoms with Gasteiger partial charge in [0, 0.05) is 13.1 Å². The van der Waals surface area contributed by atoms with E-state index in [4.69, 9.17) is 14.2 Å². The lowest BCUT2D eigenvalue weighted by Crippen LogP contribution is -2.31. The van der Waals surface area contributed by atoms with Gasteiger partial charge in [0.25, 0.3) is 0 Å². The summed E-state index contributed by atoms with van der Waals surface area (Å²) in [6, 6.07) is 14.3. The second kappa shape index (κ2) is 8.08. The summed E-state index contributed by atoms with van der Waals surface area (Å²) < 4.78 is 16.7. The highest BCUT2D eigenvalue weighted by Gasteiger charge is 2.21. The molecule has 5 heteroatoms. The van der Waals surface area contributed by atoms with Crippen LogP contribution in [0.1, 0.15) is 35.6 Å². The minimum Gasteiger partial charge on any atom is -0.454 e. The minimum absolute atomic E-state index is 0.100. The van der Waals surface area contributed by atoms with Crippen LogP contribution in [0.15, 0.2) is 42.5 Å². The standard InChI is InChI=1S/C21H25NO4/c23-17(12-22-11-15-8-9-20-21(10-15)26-14-25-20)13-24-19-7-3-5-16-4-1-2-6-18(16)19/h1-2,4,6,8-10,17,19,22-23H,3,5,7,11-14H2/t17-,19+/m1/s1. The van der Waals surface area contributed by atoms with Crippen molar-refractivity contribution in [3.05, 3.63) is 59.2 Å². The summed E-state index contributed by atoms with van der Waals surface area (Å²) in [7, 11) is 0. The molecule has 0 bridgehead atoms. The summed E-state index contributed by atoms with van der Waals surface area (Å²) in [6.45, 7) is 1.78. The molecule has 4 rings (SSSR count). The molecule has 0 saturated heterocycles. The summed E-state index contributed by atoms with van der Waals surface area (Å²) >= 11 is 0. The number of hydrogen-bond donors (Lipinski definition) is 2. The van der Waals surface area contributed by atoms with E-state index in [0.29, 0.717) is 19.7 Å². The fourth-order valence-electron chi connectivity index (χ4n) is 3.60. The van der Waals surface area contributed by atoms with Gasteiger partial charge in [0.05, 0.1) is 18.8 Å². The molecule has 1 aliphatic heterocycles. The van der Waals surface area contributed by atoms with Gasteiger partial charge in [-0.3, -0.25) is 0 Å². The number of aliphatic hydroxyl groups excluding tert-OH is 1. The molecule has 0 saturated carbocycles. The van der Waals surface area contributed by atoms with Crippen molar-refractivity contribution in [3.63, 3.8) is 0 Å². The highest BCUT2D eigenvalue weighted by Crippen LogP contribution is 2.33. The molecule has 2 aromatic rings. The van der Waals surface area contributed by atoms with Gasteiger partial charge in [0.2, 0.25) is 6.79 Å². The average Bonchev–Trinajstić information content (AvgIpc) is 3.14. The van der Waals surface area contributed by atoms with E-state index in [9.17, 15) is 5.11 Å². The van der Waals surface area contributed by atoms with Gasteiger partial charge in [-0.2, -0.15) is 0 Å². The molecule has 2 atom stereocenters. The third-order valence-corrected chi connectivity index (χ3v) is 4.95. The zero-order valence-corrected chi connectivity index (χ0v) is 14.8. The zero-order valence-electron chi connectivity index (χ0n) is 14.8. The Morgan fingerprint density at radius 3 is 3.00 bits per heavy atom.